The van der Waals surface area contributed by atoms with Crippen LogP contribution in [0.4, 0.5) is 13.2 Å². The minimum Gasteiger partial charge on any atom is -0.406 e. The second-order valence-electron chi connectivity index (χ2n) is 4.64. The van der Waals surface area contributed by atoms with E-state index in [4.69, 9.17) is 5.73 Å². The van der Waals surface area contributed by atoms with Gasteiger partial charge in [-0.1, -0.05) is 38.8 Å². The number of hydrogen-bond donors (Lipinski definition) is 1. The van der Waals surface area contributed by atoms with Crippen molar-refractivity contribution in [1.82, 2.24) is 0 Å². The lowest BCUT2D eigenvalue weighted by Crippen LogP contribution is -2.17. The Morgan fingerprint density at radius 3 is 2.05 bits per heavy atom. The average molecular weight is 275 g/mol. The van der Waals surface area contributed by atoms with Crippen LogP contribution in [0.5, 0.6) is 5.75 Å². The van der Waals surface area contributed by atoms with Gasteiger partial charge in [-0.25, -0.2) is 0 Å². The first-order chi connectivity index (χ1) is 8.85. The smallest absolute Gasteiger partial charge is 0.406 e. The average Bonchev–Trinajstić information content (AvgIpc) is 2.34. The number of halogens is 3. The Kier molecular flexibility index (Phi) is 5.66. The summed E-state index contributed by atoms with van der Waals surface area (Å²) in [6.07, 6.45) is -1.70. The number of rotatable bonds is 6. The lowest BCUT2D eigenvalue weighted by molar-refractivity contribution is -0.274. The third-order valence-electron chi connectivity index (χ3n) is 3.28. The summed E-state index contributed by atoms with van der Waals surface area (Å²) in [7, 11) is 0. The summed E-state index contributed by atoms with van der Waals surface area (Å²) in [5.41, 5.74) is 6.90. The predicted molar refractivity (Wildman–Crippen MR) is 68.7 cm³/mol. The van der Waals surface area contributed by atoms with E-state index in [-0.39, 0.29) is 11.8 Å². The van der Waals surface area contributed by atoms with E-state index in [1.165, 1.54) is 12.1 Å². The van der Waals surface area contributed by atoms with Crippen LogP contribution in [-0.2, 0) is 0 Å². The molecule has 2 N–H and O–H groups in total. The summed E-state index contributed by atoms with van der Waals surface area (Å²) >= 11 is 0. The monoisotopic (exact) mass is 275 g/mol. The molecule has 0 saturated heterocycles. The van der Waals surface area contributed by atoms with Gasteiger partial charge in [0.15, 0.2) is 0 Å². The van der Waals surface area contributed by atoms with Crippen molar-refractivity contribution in [3.8, 4) is 5.75 Å². The van der Waals surface area contributed by atoms with Crippen LogP contribution in [0.15, 0.2) is 24.3 Å². The topological polar surface area (TPSA) is 35.2 Å². The molecule has 19 heavy (non-hydrogen) atoms. The molecule has 1 aromatic rings. The highest BCUT2D eigenvalue weighted by molar-refractivity contribution is 5.29. The van der Waals surface area contributed by atoms with E-state index in [0.29, 0.717) is 5.92 Å². The molecule has 0 fully saturated rings. The molecule has 2 nitrogen and oxygen atoms in total. The van der Waals surface area contributed by atoms with E-state index in [2.05, 4.69) is 18.6 Å². The molecular formula is C14H20F3NO. The van der Waals surface area contributed by atoms with E-state index in [1.54, 1.807) is 12.1 Å². The fourth-order valence-electron chi connectivity index (χ4n) is 2.03. The van der Waals surface area contributed by atoms with Gasteiger partial charge in [-0.05, 0) is 30.0 Å². The zero-order valence-electron chi connectivity index (χ0n) is 11.2. The summed E-state index contributed by atoms with van der Waals surface area (Å²) in [6.45, 7) is 4.22. The van der Waals surface area contributed by atoms with Gasteiger partial charge < -0.3 is 10.5 Å². The van der Waals surface area contributed by atoms with Gasteiger partial charge >= 0.3 is 6.36 Å². The lowest BCUT2D eigenvalue weighted by Gasteiger charge is -2.19. The van der Waals surface area contributed by atoms with Crippen molar-refractivity contribution in [1.29, 1.82) is 0 Å². The second-order valence-corrected chi connectivity index (χ2v) is 4.64. The maximum atomic E-state index is 12.0. The molecule has 0 aromatic heterocycles. The fourth-order valence-corrected chi connectivity index (χ4v) is 2.03. The molecule has 0 amide bonds. The molecule has 1 rings (SSSR count). The van der Waals surface area contributed by atoms with E-state index in [1.807, 2.05) is 0 Å². The molecule has 0 spiro atoms. The molecular weight excluding hydrogens is 255 g/mol. The van der Waals surface area contributed by atoms with Gasteiger partial charge in [-0.3, -0.25) is 0 Å². The van der Waals surface area contributed by atoms with Gasteiger partial charge in [-0.2, -0.15) is 0 Å². The van der Waals surface area contributed by atoms with Crippen LogP contribution in [0.3, 0.4) is 0 Å². The molecule has 1 unspecified atom stereocenters. The summed E-state index contributed by atoms with van der Waals surface area (Å²) < 4.78 is 39.9. The third-order valence-corrected chi connectivity index (χ3v) is 3.28. The first-order valence-corrected chi connectivity index (χ1v) is 6.47. The van der Waals surface area contributed by atoms with Crippen LogP contribution in [0.25, 0.3) is 0 Å². The van der Waals surface area contributed by atoms with Gasteiger partial charge in [-0.15, -0.1) is 13.2 Å². The first-order valence-electron chi connectivity index (χ1n) is 6.47. The molecule has 0 aliphatic carbocycles. The Labute approximate surface area is 111 Å². The van der Waals surface area contributed by atoms with E-state index >= 15 is 0 Å². The molecule has 108 valence electrons. The Hall–Kier alpha value is -1.23. The van der Waals surface area contributed by atoms with Crippen molar-refractivity contribution in [2.24, 2.45) is 11.7 Å². The van der Waals surface area contributed by atoms with E-state index < -0.39 is 6.36 Å². The van der Waals surface area contributed by atoms with Crippen molar-refractivity contribution < 1.29 is 17.9 Å². The SMILES string of the molecule is CCC(CC)CC(N)c1ccc(OC(F)(F)F)cc1. The fraction of sp³-hybridized carbons (Fsp3) is 0.571. The lowest BCUT2D eigenvalue weighted by atomic mass is 9.92. The van der Waals surface area contributed by atoms with Crippen molar-refractivity contribution in [3.63, 3.8) is 0 Å². The van der Waals surface area contributed by atoms with Gasteiger partial charge in [0.2, 0.25) is 0 Å². The number of alkyl halides is 3. The predicted octanol–water partition coefficient (Wildman–Crippen LogP) is 4.41. The van der Waals surface area contributed by atoms with Crippen LogP contribution >= 0.6 is 0 Å². The van der Waals surface area contributed by atoms with E-state index in [9.17, 15) is 13.2 Å². The van der Waals surface area contributed by atoms with Gasteiger partial charge in [0, 0.05) is 6.04 Å². The highest BCUT2D eigenvalue weighted by atomic mass is 19.4. The Morgan fingerprint density at radius 2 is 1.63 bits per heavy atom. The van der Waals surface area contributed by atoms with Crippen molar-refractivity contribution >= 4 is 0 Å². The standard InChI is InChI=1S/C14H20F3NO/c1-3-10(4-2)9-13(18)11-5-7-12(8-6-11)19-14(15,16)17/h5-8,10,13H,3-4,9,18H2,1-2H3. The second kappa shape index (κ2) is 6.80. The molecule has 5 heteroatoms. The van der Waals surface area contributed by atoms with Crippen LogP contribution in [0.1, 0.15) is 44.7 Å². The van der Waals surface area contributed by atoms with Crippen molar-refractivity contribution in [2.45, 2.75) is 45.5 Å². The summed E-state index contributed by atoms with van der Waals surface area (Å²) in [6, 6.07) is 5.64. The van der Waals surface area contributed by atoms with Crippen LogP contribution < -0.4 is 10.5 Å². The minimum absolute atomic E-state index is 0.148. The molecule has 1 aromatic carbocycles. The van der Waals surface area contributed by atoms with Crippen LogP contribution in [0, 0.1) is 5.92 Å². The summed E-state index contributed by atoms with van der Waals surface area (Å²) in [4.78, 5) is 0. The van der Waals surface area contributed by atoms with Gasteiger partial charge in [0.1, 0.15) is 5.75 Å². The highest BCUT2D eigenvalue weighted by Crippen LogP contribution is 2.27. The number of benzene rings is 1. The quantitative estimate of drug-likeness (QED) is 0.834. The van der Waals surface area contributed by atoms with Crippen LogP contribution in [-0.4, -0.2) is 6.36 Å². The first kappa shape index (κ1) is 15.8. The normalized spacial score (nSPS) is 13.6. The Morgan fingerprint density at radius 1 is 1.11 bits per heavy atom. The molecule has 0 radical (unpaired) electrons. The number of hydrogen-bond acceptors (Lipinski definition) is 2. The van der Waals surface area contributed by atoms with Gasteiger partial charge in [0.05, 0.1) is 0 Å². The maximum Gasteiger partial charge on any atom is 0.573 e. The van der Waals surface area contributed by atoms with E-state index in [0.717, 1.165) is 24.8 Å². The molecule has 0 heterocycles. The number of ether oxygens (including phenoxy) is 1. The molecule has 0 aliphatic rings. The van der Waals surface area contributed by atoms with Gasteiger partial charge in [0.25, 0.3) is 0 Å². The Balaban J connectivity index is 2.65. The zero-order chi connectivity index (χ0) is 14.5. The third kappa shape index (κ3) is 5.51. The maximum absolute atomic E-state index is 12.0. The summed E-state index contributed by atoms with van der Waals surface area (Å²) in [5.74, 6) is 0.326. The molecule has 0 aliphatic heterocycles. The van der Waals surface area contributed by atoms with Crippen LogP contribution in [0.2, 0.25) is 0 Å². The largest absolute Gasteiger partial charge is 0.573 e. The summed E-state index contributed by atoms with van der Waals surface area (Å²) in [5, 5.41) is 0. The Bertz CT molecular complexity index is 371. The number of nitrogens with two attached hydrogens (primary N) is 1. The molecule has 1 atom stereocenters. The molecule has 0 bridgehead atoms. The minimum atomic E-state index is -4.65. The van der Waals surface area contributed by atoms with Crippen molar-refractivity contribution in [2.75, 3.05) is 0 Å². The molecule has 0 saturated carbocycles. The highest BCUT2D eigenvalue weighted by Gasteiger charge is 2.31. The zero-order valence-corrected chi connectivity index (χ0v) is 11.2. The van der Waals surface area contributed by atoms with Crippen molar-refractivity contribution in [3.05, 3.63) is 29.8 Å².